The van der Waals surface area contributed by atoms with E-state index in [0.29, 0.717) is 5.95 Å². The summed E-state index contributed by atoms with van der Waals surface area (Å²) in [5.41, 5.74) is 15.3. The van der Waals surface area contributed by atoms with Gasteiger partial charge in [-0.1, -0.05) is 164 Å². The first-order valence-electron chi connectivity index (χ1n) is 20.4. The molecule has 0 saturated heterocycles. The Morgan fingerprint density at radius 1 is 0.424 bits per heavy atom. The zero-order chi connectivity index (χ0) is 38.3. The molecule has 59 heavy (non-hydrogen) atoms. The van der Waals surface area contributed by atoms with Crippen LogP contribution in [0.5, 0.6) is 0 Å². The molecule has 0 N–H and O–H groups in total. The molecule has 0 spiro atoms. The molecular formula is C55H32N4. The summed E-state index contributed by atoms with van der Waals surface area (Å²) in [4.78, 5) is 11.2. The van der Waals surface area contributed by atoms with E-state index in [1.807, 2.05) is 0 Å². The lowest BCUT2D eigenvalue weighted by Gasteiger charge is -2.17. The highest BCUT2D eigenvalue weighted by atomic mass is 15.2. The topological polar surface area (TPSA) is 35.1 Å². The summed E-state index contributed by atoms with van der Waals surface area (Å²) in [7, 11) is 0. The molecule has 0 radical (unpaired) electrons. The summed E-state index contributed by atoms with van der Waals surface area (Å²) in [5.74, 6) is 0.714. The van der Waals surface area contributed by atoms with Gasteiger partial charge in [0.2, 0.25) is 5.95 Å². The number of nitrogens with zero attached hydrogens (tertiary/aromatic N) is 4. The largest absolute Gasteiger partial charge is 0.307 e. The third-order valence-corrected chi connectivity index (χ3v) is 13.1. The standard InChI is InChI=1S/C55H32N4/c1-3-16-33(17-4-1)47-37-22-9-10-23-38(37)48-42(47)31-46-51-50-39(41-26-13-25-40-36-21-11-12-27-44(36)59(53(40)41)54(48)51)24-14-28-45(50)58(46)55-56-43-30-29-32-15-7-8-20-35(32)49(43)52(57-55)34-18-5-2-6-19-34/h1-31,47H. The lowest BCUT2D eigenvalue weighted by Crippen LogP contribution is -2.05. The van der Waals surface area contributed by atoms with Crippen LogP contribution in [0.25, 0.3) is 110 Å². The average Bonchev–Trinajstić information content (AvgIpc) is 3.91. The number of fused-ring (bicyclic) bond motifs is 12. The molecule has 1 unspecified atom stereocenters. The summed E-state index contributed by atoms with van der Waals surface area (Å²) >= 11 is 0. The minimum Gasteiger partial charge on any atom is -0.307 e. The van der Waals surface area contributed by atoms with E-state index >= 15 is 0 Å². The number of hydrogen-bond acceptors (Lipinski definition) is 2. The highest BCUT2D eigenvalue weighted by molar-refractivity contribution is 6.33. The molecule has 13 aromatic rings. The summed E-state index contributed by atoms with van der Waals surface area (Å²) in [6, 6.07) is 68.7. The number of rotatable bonds is 3. The fourth-order valence-corrected chi connectivity index (χ4v) is 10.8. The van der Waals surface area contributed by atoms with Crippen molar-refractivity contribution in [2.45, 2.75) is 5.92 Å². The van der Waals surface area contributed by atoms with Gasteiger partial charge in [0, 0.05) is 49.4 Å². The van der Waals surface area contributed by atoms with Crippen LogP contribution in [0.4, 0.5) is 0 Å². The summed E-state index contributed by atoms with van der Waals surface area (Å²) in [6.45, 7) is 0. The molecule has 4 heterocycles. The van der Waals surface area contributed by atoms with Crippen molar-refractivity contribution in [3.8, 4) is 28.3 Å². The first-order valence-corrected chi connectivity index (χ1v) is 20.4. The highest BCUT2D eigenvalue weighted by Gasteiger charge is 2.35. The molecule has 4 aromatic heterocycles. The van der Waals surface area contributed by atoms with Crippen molar-refractivity contribution in [3.05, 3.63) is 205 Å². The molecule has 0 bridgehead atoms. The van der Waals surface area contributed by atoms with Gasteiger partial charge in [-0.15, -0.1) is 0 Å². The van der Waals surface area contributed by atoms with Gasteiger partial charge in [0.05, 0.1) is 38.8 Å². The predicted octanol–water partition coefficient (Wildman–Crippen LogP) is 13.9. The maximum absolute atomic E-state index is 5.65. The second-order valence-corrected chi connectivity index (χ2v) is 16.0. The van der Waals surface area contributed by atoms with Crippen molar-refractivity contribution in [1.29, 1.82) is 0 Å². The van der Waals surface area contributed by atoms with E-state index in [1.54, 1.807) is 0 Å². The van der Waals surface area contributed by atoms with Crippen LogP contribution in [0, 0.1) is 0 Å². The first kappa shape index (κ1) is 31.3. The van der Waals surface area contributed by atoms with Crippen molar-refractivity contribution in [2.24, 2.45) is 0 Å². The molecule has 0 aliphatic heterocycles. The molecule has 0 amide bonds. The van der Waals surface area contributed by atoms with Crippen LogP contribution in [0.1, 0.15) is 22.6 Å². The van der Waals surface area contributed by atoms with Gasteiger partial charge in [-0.05, 0) is 62.7 Å². The van der Waals surface area contributed by atoms with Gasteiger partial charge in [-0.2, -0.15) is 0 Å². The van der Waals surface area contributed by atoms with E-state index in [9.17, 15) is 0 Å². The molecule has 4 nitrogen and oxygen atoms in total. The van der Waals surface area contributed by atoms with Gasteiger partial charge in [-0.25, -0.2) is 9.97 Å². The van der Waals surface area contributed by atoms with Gasteiger partial charge in [0.15, 0.2) is 0 Å². The Kier molecular flexibility index (Phi) is 6.05. The quantitative estimate of drug-likeness (QED) is 0.169. The highest BCUT2D eigenvalue weighted by Crippen LogP contribution is 2.55. The Balaban J connectivity index is 1.25. The SMILES string of the molecule is c1ccc(-c2nc(-n3c4cccc5c6cccc7c8ccccc8n(c8c9c(cc3c8c54)C(c3ccccc3)c3ccccc3-9)c67)nc3ccc4ccccc4c23)cc1. The molecular weight excluding hydrogens is 717 g/mol. The van der Waals surface area contributed by atoms with Gasteiger partial charge in [0.25, 0.3) is 0 Å². The normalized spacial score (nSPS) is 13.9. The average molecular weight is 749 g/mol. The van der Waals surface area contributed by atoms with Crippen LogP contribution >= 0.6 is 0 Å². The lowest BCUT2D eigenvalue weighted by molar-refractivity contribution is 0.999. The number of para-hydroxylation sites is 2. The van der Waals surface area contributed by atoms with E-state index in [4.69, 9.17) is 9.97 Å². The monoisotopic (exact) mass is 748 g/mol. The van der Waals surface area contributed by atoms with E-state index in [1.165, 1.54) is 82.1 Å². The maximum atomic E-state index is 5.65. The van der Waals surface area contributed by atoms with Crippen LogP contribution in [-0.4, -0.2) is 18.9 Å². The Bertz CT molecular complexity index is 3890. The first-order chi connectivity index (χ1) is 29.3. The smallest absolute Gasteiger partial charge is 0.235 e. The molecule has 1 atom stereocenters. The predicted molar refractivity (Wildman–Crippen MR) is 244 cm³/mol. The molecule has 0 saturated carbocycles. The maximum Gasteiger partial charge on any atom is 0.235 e. The minimum absolute atomic E-state index is 0.0496. The molecule has 9 aromatic carbocycles. The van der Waals surface area contributed by atoms with E-state index in [-0.39, 0.29) is 5.92 Å². The van der Waals surface area contributed by atoms with Crippen molar-refractivity contribution in [1.82, 2.24) is 18.9 Å². The second-order valence-electron chi connectivity index (χ2n) is 16.0. The fourth-order valence-electron chi connectivity index (χ4n) is 10.8. The lowest BCUT2D eigenvalue weighted by atomic mass is 9.89. The van der Waals surface area contributed by atoms with E-state index in [2.05, 4.69) is 197 Å². The van der Waals surface area contributed by atoms with Gasteiger partial charge in [-0.3, -0.25) is 4.57 Å². The van der Waals surface area contributed by atoms with Crippen LogP contribution < -0.4 is 0 Å². The fraction of sp³-hybridized carbons (Fsp3) is 0.0182. The van der Waals surface area contributed by atoms with E-state index in [0.717, 1.165) is 38.6 Å². The van der Waals surface area contributed by atoms with Crippen molar-refractivity contribution in [2.75, 3.05) is 0 Å². The van der Waals surface area contributed by atoms with Crippen molar-refractivity contribution >= 4 is 81.6 Å². The zero-order valence-electron chi connectivity index (χ0n) is 31.8. The molecule has 4 heteroatoms. The number of hydrogen-bond donors (Lipinski definition) is 0. The second kappa shape index (κ2) is 11.4. The Hall–Kier alpha value is -7.82. The van der Waals surface area contributed by atoms with Crippen LogP contribution in [-0.2, 0) is 0 Å². The third-order valence-electron chi connectivity index (χ3n) is 13.1. The van der Waals surface area contributed by atoms with Crippen LogP contribution in [0.15, 0.2) is 188 Å². The van der Waals surface area contributed by atoms with Gasteiger partial charge >= 0.3 is 0 Å². The third kappa shape index (κ3) is 4.02. The molecule has 272 valence electrons. The Morgan fingerprint density at radius 3 is 1.98 bits per heavy atom. The Morgan fingerprint density at radius 2 is 1.10 bits per heavy atom. The van der Waals surface area contributed by atoms with Crippen LogP contribution in [0.2, 0.25) is 0 Å². The number of benzene rings is 9. The number of aromatic nitrogens is 4. The summed E-state index contributed by atoms with van der Waals surface area (Å²) < 4.78 is 4.96. The molecule has 0 fully saturated rings. The summed E-state index contributed by atoms with van der Waals surface area (Å²) in [6.07, 6.45) is 0. The van der Waals surface area contributed by atoms with Crippen LogP contribution in [0.3, 0.4) is 0 Å². The van der Waals surface area contributed by atoms with Gasteiger partial charge in [0.1, 0.15) is 0 Å². The zero-order valence-corrected chi connectivity index (χ0v) is 31.8. The Labute approximate surface area is 338 Å². The molecule has 1 aliphatic rings. The molecule has 14 rings (SSSR count). The summed E-state index contributed by atoms with van der Waals surface area (Å²) in [5, 5.41) is 10.8. The van der Waals surface area contributed by atoms with Crippen molar-refractivity contribution in [3.63, 3.8) is 0 Å². The molecule has 1 aliphatic carbocycles. The van der Waals surface area contributed by atoms with E-state index < -0.39 is 0 Å². The minimum atomic E-state index is 0.0496. The van der Waals surface area contributed by atoms with Gasteiger partial charge < -0.3 is 4.40 Å². The van der Waals surface area contributed by atoms with Crippen molar-refractivity contribution < 1.29 is 0 Å².